The van der Waals surface area contributed by atoms with E-state index in [0.717, 1.165) is 12.5 Å². The molecule has 1 heterocycles. The lowest BCUT2D eigenvalue weighted by atomic mass is 10.1. The quantitative estimate of drug-likeness (QED) is 0.384. The molecule has 0 amide bonds. The van der Waals surface area contributed by atoms with Crippen LogP contribution in [0.15, 0.2) is 12.2 Å². The summed E-state index contributed by atoms with van der Waals surface area (Å²) in [5, 5.41) is 0. The van der Waals surface area contributed by atoms with Gasteiger partial charge in [-0.25, -0.2) is 4.79 Å². The maximum absolute atomic E-state index is 12.4. The molecule has 1 rings (SSSR count). The van der Waals surface area contributed by atoms with E-state index in [4.69, 9.17) is 13.9 Å². The molecule has 0 N–H and O–H groups in total. The molecule has 24 heavy (non-hydrogen) atoms. The molecule has 0 saturated carbocycles. The Labute approximate surface area is 150 Å². The van der Waals surface area contributed by atoms with Crippen LogP contribution in [0.4, 0.5) is 0 Å². The summed E-state index contributed by atoms with van der Waals surface area (Å²) in [4.78, 5) is 12.4. The van der Waals surface area contributed by atoms with Crippen molar-refractivity contribution < 1.29 is 18.7 Å². The van der Waals surface area contributed by atoms with Crippen LogP contribution in [-0.2, 0) is 18.7 Å². The number of hydrogen-bond donors (Lipinski definition) is 0. The van der Waals surface area contributed by atoms with E-state index in [1.807, 2.05) is 6.92 Å². The van der Waals surface area contributed by atoms with Crippen molar-refractivity contribution in [1.29, 1.82) is 0 Å². The van der Waals surface area contributed by atoms with Gasteiger partial charge in [-0.1, -0.05) is 39.7 Å². The van der Waals surface area contributed by atoms with Crippen molar-refractivity contribution in [1.82, 2.24) is 0 Å². The second-order valence-corrected chi connectivity index (χ2v) is 35.9. The van der Waals surface area contributed by atoms with Crippen LogP contribution in [0.25, 0.3) is 0 Å². The fourth-order valence-corrected chi connectivity index (χ4v) is 32.9. The highest BCUT2D eigenvalue weighted by Gasteiger charge is 2.66. The summed E-state index contributed by atoms with van der Waals surface area (Å²) < 4.78 is 18.8. The van der Waals surface area contributed by atoms with Crippen LogP contribution in [0.3, 0.4) is 0 Å². The molecule has 1 aliphatic rings. The van der Waals surface area contributed by atoms with Gasteiger partial charge in [0, 0.05) is 25.8 Å². The monoisotopic (exact) mass is 388 g/mol. The standard InChI is InChI=1S/C17H36O4Si3/c1-11-15(19-12-2)17(20-16(18)14(3)4)13-22(5,6)24(9,10)23(7,8)21-17/h15H,3,11-13H2,1-2,4-10H3. The van der Waals surface area contributed by atoms with E-state index < -0.39 is 28.3 Å². The first-order valence-electron chi connectivity index (χ1n) is 8.97. The predicted octanol–water partition coefficient (Wildman–Crippen LogP) is 4.43. The molecule has 0 spiro atoms. The van der Waals surface area contributed by atoms with Crippen LogP contribution in [0.5, 0.6) is 0 Å². The first-order chi connectivity index (χ1) is 10.8. The van der Waals surface area contributed by atoms with E-state index in [1.165, 1.54) is 0 Å². The zero-order chi connectivity index (χ0) is 19.0. The third-order valence-electron chi connectivity index (χ3n) is 6.16. The average Bonchev–Trinajstić information content (AvgIpc) is 2.41. The smallest absolute Gasteiger partial charge is 0.335 e. The zero-order valence-electron chi connectivity index (χ0n) is 17.0. The fourth-order valence-electron chi connectivity index (χ4n) is 3.55. The van der Waals surface area contributed by atoms with Gasteiger partial charge in [0.05, 0.1) is 7.11 Å². The fraction of sp³-hybridized carbons (Fsp3) is 0.824. The van der Waals surface area contributed by atoms with Gasteiger partial charge in [0.1, 0.15) is 6.10 Å². The minimum absolute atomic E-state index is 0.227. The Bertz CT molecular complexity index is 480. The average molecular weight is 389 g/mol. The topological polar surface area (TPSA) is 44.8 Å². The molecule has 1 saturated heterocycles. The Kier molecular flexibility index (Phi) is 6.53. The van der Waals surface area contributed by atoms with Crippen LogP contribution in [0.2, 0.25) is 45.3 Å². The maximum atomic E-state index is 12.4. The van der Waals surface area contributed by atoms with Gasteiger partial charge < -0.3 is 13.9 Å². The molecule has 1 aliphatic heterocycles. The van der Waals surface area contributed by atoms with Crippen LogP contribution >= 0.6 is 0 Å². The minimum atomic E-state index is -1.98. The molecule has 0 aromatic carbocycles. The Morgan fingerprint density at radius 2 is 1.75 bits per heavy atom. The second-order valence-electron chi connectivity index (χ2n) is 8.63. The summed E-state index contributed by atoms with van der Waals surface area (Å²) in [6.07, 6.45) is 0.531. The maximum Gasteiger partial charge on any atom is 0.335 e. The van der Waals surface area contributed by atoms with Gasteiger partial charge in [-0.15, -0.1) is 0 Å². The first kappa shape index (κ1) is 21.8. The minimum Gasteiger partial charge on any atom is -0.428 e. The van der Waals surface area contributed by atoms with Crippen LogP contribution in [0, 0.1) is 0 Å². The van der Waals surface area contributed by atoms with Crippen molar-refractivity contribution >= 4 is 28.5 Å². The highest BCUT2D eigenvalue weighted by atomic mass is 29.6. The zero-order valence-corrected chi connectivity index (χ0v) is 20.0. The lowest BCUT2D eigenvalue weighted by Crippen LogP contribution is -2.80. The molecular weight excluding hydrogens is 352 g/mol. The number of hydrogen-bond acceptors (Lipinski definition) is 4. The summed E-state index contributed by atoms with van der Waals surface area (Å²) in [6, 6.07) is 0.813. The lowest BCUT2D eigenvalue weighted by Gasteiger charge is -2.59. The summed E-state index contributed by atoms with van der Waals surface area (Å²) in [7, 11) is -5.10. The Balaban J connectivity index is 3.43. The summed E-state index contributed by atoms with van der Waals surface area (Å²) in [5.41, 5.74) is 0.408. The van der Waals surface area contributed by atoms with Gasteiger partial charge in [0.15, 0.2) is 7.83 Å². The number of rotatable bonds is 6. The second kappa shape index (κ2) is 7.19. The Morgan fingerprint density at radius 1 is 1.21 bits per heavy atom. The Morgan fingerprint density at radius 3 is 2.12 bits per heavy atom. The van der Waals surface area contributed by atoms with Crippen molar-refractivity contribution in [3.8, 4) is 0 Å². The number of carbonyl (C=O) groups is 1. The third-order valence-corrected chi connectivity index (χ3v) is 46.3. The van der Waals surface area contributed by atoms with E-state index >= 15 is 0 Å². The van der Waals surface area contributed by atoms with Crippen LogP contribution in [-0.4, -0.2) is 47.0 Å². The first-order valence-corrected chi connectivity index (χ1v) is 20.1. The van der Waals surface area contributed by atoms with E-state index in [9.17, 15) is 4.79 Å². The molecule has 4 nitrogen and oxygen atoms in total. The molecule has 0 radical (unpaired) electrons. The predicted molar refractivity (Wildman–Crippen MR) is 108 cm³/mol. The van der Waals surface area contributed by atoms with Gasteiger partial charge in [0.2, 0.25) is 5.79 Å². The van der Waals surface area contributed by atoms with Gasteiger partial charge >= 0.3 is 5.97 Å². The molecule has 140 valence electrons. The molecule has 2 atom stereocenters. The third kappa shape index (κ3) is 3.80. The van der Waals surface area contributed by atoms with Gasteiger partial charge in [-0.3, -0.25) is 0 Å². The van der Waals surface area contributed by atoms with E-state index in [0.29, 0.717) is 12.2 Å². The summed E-state index contributed by atoms with van der Waals surface area (Å²) >= 11 is 0. The van der Waals surface area contributed by atoms with E-state index in [2.05, 4.69) is 52.8 Å². The molecule has 0 aromatic heterocycles. The van der Waals surface area contributed by atoms with E-state index in [1.54, 1.807) is 6.92 Å². The highest BCUT2D eigenvalue weighted by molar-refractivity contribution is 7.67. The van der Waals surface area contributed by atoms with Crippen LogP contribution in [0.1, 0.15) is 27.2 Å². The van der Waals surface area contributed by atoms with Crippen LogP contribution < -0.4 is 0 Å². The summed E-state index contributed by atoms with van der Waals surface area (Å²) in [5.74, 6) is -1.32. The molecular formula is C17H36O4Si3. The highest BCUT2D eigenvalue weighted by Crippen LogP contribution is 2.47. The number of esters is 1. The number of carbonyl (C=O) groups excluding carboxylic acids is 1. The normalized spacial score (nSPS) is 28.9. The van der Waals surface area contributed by atoms with E-state index in [-0.39, 0.29) is 12.1 Å². The number of ether oxygens (including phenoxy) is 2. The van der Waals surface area contributed by atoms with Gasteiger partial charge in [-0.2, -0.15) is 0 Å². The van der Waals surface area contributed by atoms with Crippen molar-refractivity contribution in [2.24, 2.45) is 0 Å². The summed E-state index contributed by atoms with van der Waals surface area (Å²) in [6.45, 7) is 24.5. The molecule has 0 aromatic rings. The molecule has 2 unspecified atom stereocenters. The van der Waals surface area contributed by atoms with Gasteiger partial charge in [-0.05, 0) is 33.4 Å². The van der Waals surface area contributed by atoms with Crippen molar-refractivity contribution in [2.45, 2.75) is 84.4 Å². The molecule has 1 fully saturated rings. The van der Waals surface area contributed by atoms with Crippen molar-refractivity contribution in [3.05, 3.63) is 12.2 Å². The largest absolute Gasteiger partial charge is 0.428 e. The SMILES string of the molecule is C=C(C)C(=O)OC1(C(CC)OCC)C[Si](C)(C)[Si](C)(C)[Si](C)(C)O1. The lowest BCUT2D eigenvalue weighted by molar-refractivity contribution is -0.235. The van der Waals surface area contributed by atoms with Gasteiger partial charge in [0.25, 0.3) is 0 Å². The Hall–Kier alpha value is -0.219. The molecule has 0 aliphatic carbocycles. The molecule has 7 heteroatoms. The molecule has 0 bridgehead atoms. The van der Waals surface area contributed by atoms with Crippen molar-refractivity contribution in [3.63, 3.8) is 0 Å². The van der Waals surface area contributed by atoms with Crippen molar-refractivity contribution in [2.75, 3.05) is 6.61 Å².